The Balaban J connectivity index is 1.89. The van der Waals surface area contributed by atoms with Crippen LogP contribution < -0.4 is 5.32 Å². The van der Waals surface area contributed by atoms with Gasteiger partial charge in [-0.05, 0) is 42.3 Å². The Bertz CT molecular complexity index is 1050. The number of benzene rings is 2. The van der Waals surface area contributed by atoms with Crippen LogP contribution in [-0.2, 0) is 4.79 Å². The topological polar surface area (TPSA) is 79.3 Å². The summed E-state index contributed by atoms with van der Waals surface area (Å²) in [5, 5.41) is 11.9. The van der Waals surface area contributed by atoms with Gasteiger partial charge in [0.2, 0.25) is 0 Å². The van der Waals surface area contributed by atoms with Gasteiger partial charge in [0.25, 0.3) is 5.91 Å². The first-order valence-corrected chi connectivity index (χ1v) is 8.85. The molecule has 3 rings (SSSR count). The molecule has 0 fully saturated rings. The minimum absolute atomic E-state index is 0.0103. The van der Waals surface area contributed by atoms with Crippen LogP contribution >= 0.6 is 0 Å². The van der Waals surface area contributed by atoms with Gasteiger partial charge in [0, 0.05) is 11.6 Å². The third kappa shape index (κ3) is 5.01. The highest BCUT2D eigenvalue weighted by Crippen LogP contribution is 2.23. The third-order valence-electron chi connectivity index (χ3n) is 4.39. The maximum Gasteiger partial charge on any atom is 0.305 e. The number of halogens is 2. The molecule has 7 heteroatoms. The molecule has 1 aromatic heterocycles. The molecule has 3 aromatic rings. The molecule has 148 valence electrons. The smallest absolute Gasteiger partial charge is 0.305 e. The first kappa shape index (κ1) is 20.1. The van der Waals surface area contributed by atoms with Crippen LogP contribution in [0.4, 0.5) is 8.78 Å². The average Bonchev–Trinajstić information content (AvgIpc) is 2.67. The van der Waals surface area contributed by atoms with Crippen LogP contribution in [0.3, 0.4) is 0 Å². The number of carbonyl (C=O) groups excluding carboxylic acids is 1. The molecule has 5 nitrogen and oxygen atoms in total. The van der Waals surface area contributed by atoms with Gasteiger partial charge in [-0.25, -0.2) is 13.8 Å². The van der Waals surface area contributed by atoms with Crippen LogP contribution in [0.15, 0.2) is 60.7 Å². The molecule has 2 N–H and O–H groups in total. The molecule has 1 heterocycles. The molecule has 0 bridgehead atoms. The highest BCUT2D eigenvalue weighted by atomic mass is 19.1. The Morgan fingerprint density at radius 2 is 1.72 bits per heavy atom. The Morgan fingerprint density at radius 3 is 2.38 bits per heavy atom. The van der Waals surface area contributed by atoms with E-state index in [9.17, 15) is 23.5 Å². The van der Waals surface area contributed by atoms with Crippen molar-refractivity contribution in [1.82, 2.24) is 10.3 Å². The summed E-state index contributed by atoms with van der Waals surface area (Å²) in [6.45, 7) is 1.83. The summed E-state index contributed by atoms with van der Waals surface area (Å²) in [6.07, 6.45) is -0.300. The standard InChI is InChI=1S/C22H18F2N2O3/c1-13-5-2-3-6-17(13)20(12-21(27)28)26-22(29)19-8-4-7-18(25-19)14-9-15(23)11-16(24)10-14/h2-11,20H,12H2,1H3,(H,26,29)(H,27,28)/t20-/m0/s1. The van der Waals surface area contributed by atoms with Crippen molar-refractivity contribution in [2.24, 2.45) is 0 Å². The van der Waals surface area contributed by atoms with Crippen molar-refractivity contribution in [3.63, 3.8) is 0 Å². The second-order valence-corrected chi connectivity index (χ2v) is 6.55. The van der Waals surface area contributed by atoms with Crippen LogP contribution in [0, 0.1) is 18.6 Å². The SMILES string of the molecule is Cc1ccccc1[C@H](CC(=O)O)NC(=O)c1cccc(-c2cc(F)cc(F)c2)n1. The molecular formula is C22H18F2N2O3. The lowest BCUT2D eigenvalue weighted by Gasteiger charge is -2.19. The van der Waals surface area contributed by atoms with Gasteiger partial charge in [0.15, 0.2) is 0 Å². The van der Waals surface area contributed by atoms with E-state index in [0.717, 1.165) is 23.8 Å². The molecule has 0 saturated carbocycles. The lowest BCUT2D eigenvalue weighted by atomic mass is 9.98. The maximum absolute atomic E-state index is 13.5. The number of aryl methyl sites for hydroxylation is 1. The molecule has 0 spiro atoms. The molecule has 0 aliphatic heterocycles. The maximum atomic E-state index is 13.5. The first-order valence-electron chi connectivity index (χ1n) is 8.85. The van der Waals surface area contributed by atoms with E-state index >= 15 is 0 Å². The number of amides is 1. The minimum Gasteiger partial charge on any atom is -0.481 e. The fourth-order valence-electron chi connectivity index (χ4n) is 3.05. The van der Waals surface area contributed by atoms with Gasteiger partial charge in [0.1, 0.15) is 17.3 Å². The number of pyridine rings is 1. The molecule has 0 aliphatic rings. The quantitative estimate of drug-likeness (QED) is 0.652. The number of aliphatic carboxylic acids is 1. The number of aromatic nitrogens is 1. The van der Waals surface area contributed by atoms with Crippen molar-refractivity contribution >= 4 is 11.9 Å². The number of carbonyl (C=O) groups is 2. The molecule has 0 radical (unpaired) electrons. The van der Waals surface area contributed by atoms with Gasteiger partial charge < -0.3 is 10.4 Å². The van der Waals surface area contributed by atoms with Gasteiger partial charge >= 0.3 is 5.97 Å². The zero-order chi connectivity index (χ0) is 21.0. The summed E-state index contributed by atoms with van der Waals surface area (Å²) in [6, 6.07) is 13.9. The van der Waals surface area contributed by atoms with E-state index in [1.165, 1.54) is 12.1 Å². The van der Waals surface area contributed by atoms with Crippen LogP contribution in [0.25, 0.3) is 11.3 Å². The lowest BCUT2D eigenvalue weighted by Crippen LogP contribution is -2.31. The third-order valence-corrected chi connectivity index (χ3v) is 4.39. The van der Waals surface area contributed by atoms with Gasteiger partial charge in [-0.15, -0.1) is 0 Å². The van der Waals surface area contributed by atoms with E-state index in [-0.39, 0.29) is 23.4 Å². The number of rotatable bonds is 6. The molecule has 0 unspecified atom stereocenters. The number of carboxylic acid groups (broad SMARTS) is 1. The van der Waals surface area contributed by atoms with E-state index in [1.807, 2.05) is 19.1 Å². The highest BCUT2D eigenvalue weighted by Gasteiger charge is 2.21. The molecule has 1 amide bonds. The van der Waals surface area contributed by atoms with Crippen molar-refractivity contribution in [3.8, 4) is 11.3 Å². The van der Waals surface area contributed by atoms with Crippen LogP contribution in [-0.4, -0.2) is 22.0 Å². The summed E-state index contributed by atoms with van der Waals surface area (Å²) >= 11 is 0. The normalized spacial score (nSPS) is 11.7. The number of nitrogens with one attached hydrogen (secondary N) is 1. The zero-order valence-electron chi connectivity index (χ0n) is 15.5. The average molecular weight is 396 g/mol. The van der Waals surface area contributed by atoms with E-state index < -0.39 is 29.6 Å². The Labute approximate surface area is 166 Å². The monoisotopic (exact) mass is 396 g/mol. The molecule has 1 atom stereocenters. The summed E-state index contributed by atoms with van der Waals surface area (Å²) < 4.78 is 27.0. The van der Waals surface area contributed by atoms with E-state index in [0.29, 0.717) is 5.56 Å². The zero-order valence-corrected chi connectivity index (χ0v) is 15.5. The summed E-state index contributed by atoms with van der Waals surface area (Å²) in [5.41, 5.74) is 1.96. The number of carboxylic acids is 1. The fourth-order valence-corrected chi connectivity index (χ4v) is 3.05. The van der Waals surface area contributed by atoms with E-state index in [2.05, 4.69) is 10.3 Å². The number of nitrogens with zero attached hydrogens (tertiary/aromatic N) is 1. The predicted molar refractivity (Wildman–Crippen MR) is 103 cm³/mol. The summed E-state index contributed by atoms with van der Waals surface area (Å²) in [4.78, 5) is 28.2. The van der Waals surface area contributed by atoms with Crippen LogP contribution in [0.2, 0.25) is 0 Å². The number of hydrogen-bond donors (Lipinski definition) is 2. The van der Waals surface area contributed by atoms with Crippen molar-refractivity contribution in [3.05, 3.63) is 89.1 Å². The molecular weight excluding hydrogens is 378 g/mol. The summed E-state index contributed by atoms with van der Waals surface area (Å²) in [7, 11) is 0. The Hall–Kier alpha value is -3.61. The van der Waals surface area contributed by atoms with Gasteiger partial charge in [-0.2, -0.15) is 0 Å². The first-order chi connectivity index (χ1) is 13.8. The second kappa shape index (κ2) is 8.60. The van der Waals surface area contributed by atoms with Gasteiger partial charge in [0.05, 0.1) is 18.2 Å². The van der Waals surface area contributed by atoms with Crippen LogP contribution in [0.5, 0.6) is 0 Å². The Kier molecular flexibility index (Phi) is 5.97. The molecule has 0 aliphatic carbocycles. The van der Waals surface area contributed by atoms with Crippen molar-refractivity contribution in [2.75, 3.05) is 0 Å². The van der Waals surface area contributed by atoms with Crippen LogP contribution in [0.1, 0.15) is 34.1 Å². The fraction of sp³-hybridized carbons (Fsp3) is 0.136. The van der Waals surface area contributed by atoms with Gasteiger partial charge in [-0.3, -0.25) is 9.59 Å². The van der Waals surface area contributed by atoms with Crippen molar-refractivity contribution in [1.29, 1.82) is 0 Å². The molecule has 0 saturated heterocycles. The minimum atomic E-state index is -1.06. The van der Waals surface area contributed by atoms with E-state index in [4.69, 9.17) is 0 Å². The lowest BCUT2D eigenvalue weighted by molar-refractivity contribution is -0.137. The van der Waals surface area contributed by atoms with Crippen molar-refractivity contribution in [2.45, 2.75) is 19.4 Å². The predicted octanol–water partition coefficient (Wildman–Crippen LogP) is 4.28. The van der Waals surface area contributed by atoms with Crippen molar-refractivity contribution < 1.29 is 23.5 Å². The van der Waals surface area contributed by atoms with E-state index in [1.54, 1.807) is 18.2 Å². The largest absolute Gasteiger partial charge is 0.481 e. The molecule has 29 heavy (non-hydrogen) atoms. The highest BCUT2D eigenvalue weighted by molar-refractivity contribution is 5.93. The molecule has 2 aromatic carbocycles. The Morgan fingerprint density at radius 1 is 1.03 bits per heavy atom. The van der Waals surface area contributed by atoms with Gasteiger partial charge in [-0.1, -0.05) is 30.3 Å². The second-order valence-electron chi connectivity index (χ2n) is 6.55. The number of hydrogen-bond acceptors (Lipinski definition) is 3. The summed E-state index contributed by atoms with van der Waals surface area (Å²) in [5.74, 6) is -3.15.